The molecule has 0 radical (unpaired) electrons. The summed E-state index contributed by atoms with van der Waals surface area (Å²) in [6.45, 7) is 2.90. The molecule has 1 unspecified atom stereocenters. The fourth-order valence-electron chi connectivity index (χ4n) is 3.93. The van der Waals surface area contributed by atoms with Crippen LogP contribution in [0.3, 0.4) is 0 Å². The maximum atomic E-state index is 12.8. The van der Waals surface area contributed by atoms with Crippen molar-refractivity contribution in [1.29, 1.82) is 0 Å². The van der Waals surface area contributed by atoms with Crippen LogP contribution < -0.4 is 5.32 Å². The van der Waals surface area contributed by atoms with Gasteiger partial charge < -0.3 is 15.0 Å². The number of hydrogen-bond acceptors (Lipinski definition) is 4. The summed E-state index contributed by atoms with van der Waals surface area (Å²) in [5, 5.41) is 3.01. The Morgan fingerprint density at radius 2 is 1.90 bits per heavy atom. The largest absolute Gasteiger partial charge is 0.377 e. The second-order valence-electron chi connectivity index (χ2n) is 7.82. The van der Waals surface area contributed by atoms with Crippen molar-refractivity contribution in [2.45, 2.75) is 43.2 Å². The molecule has 30 heavy (non-hydrogen) atoms. The lowest BCUT2D eigenvalue weighted by molar-refractivity contribution is 0.0792. The van der Waals surface area contributed by atoms with E-state index in [0.717, 1.165) is 61.6 Å². The van der Waals surface area contributed by atoms with Crippen molar-refractivity contribution < 1.29 is 14.3 Å². The van der Waals surface area contributed by atoms with Gasteiger partial charge in [0.2, 0.25) is 0 Å². The summed E-state index contributed by atoms with van der Waals surface area (Å²) in [6, 6.07) is 15.3. The number of carbonyl (C=O) groups excluding carboxylic acids is 2. The van der Waals surface area contributed by atoms with Gasteiger partial charge in [-0.15, -0.1) is 11.8 Å². The summed E-state index contributed by atoms with van der Waals surface area (Å²) in [7, 11) is 0. The molecule has 2 aromatic rings. The van der Waals surface area contributed by atoms with Crippen LogP contribution in [-0.4, -0.2) is 48.3 Å². The Balaban J connectivity index is 1.36. The van der Waals surface area contributed by atoms with Crippen molar-refractivity contribution >= 4 is 23.6 Å². The van der Waals surface area contributed by atoms with Gasteiger partial charge in [0.1, 0.15) is 0 Å². The van der Waals surface area contributed by atoms with Gasteiger partial charge in [0, 0.05) is 42.5 Å². The minimum atomic E-state index is -0.0956. The van der Waals surface area contributed by atoms with Gasteiger partial charge in [0.25, 0.3) is 11.8 Å². The fourth-order valence-corrected chi connectivity index (χ4v) is 5.05. The van der Waals surface area contributed by atoms with E-state index in [0.29, 0.717) is 17.7 Å². The van der Waals surface area contributed by atoms with Gasteiger partial charge in [-0.05, 0) is 55.5 Å². The number of carbonyl (C=O) groups is 2. The lowest BCUT2D eigenvalue weighted by atomic mass is 10.1. The maximum Gasteiger partial charge on any atom is 0.253 e. The summed E-state index contributed by atoms with van der Waals surface area (Å²) in [4.78, 5) is 28.3. The van der Waals surface area contributed by atoms with Gasteiger partial charge in [-0.1, -0.05) is 24.3 Å². The highest BCUT2D eigenvalue weighted by Crippen LogP contribution is 2.27. The Hall–Kier alpha value is -2.31. The van der Waals surface area contributed by atoms with Crippen molar-refractivity contribution in [2.75, 3.05) is 25.4 Å². The third-order valence-electron chi connectivity index (χ3n) is 5.60. The molecule has 2 aliphatic rings. The van der Waals surface area contributed by atoms with Crippen LogP contribution in [0.4, 0.5) is 0 Å². The molecule has 0 spiro atoms. The number of ether oxygens (including phenoxy) is 1. The Morgan fingerprint density at radius 3 is 2.70 bits per heavy atom. The van der Waals surface area contributed by atoms with Crippen LogP contribution >= 0.6 is 11.8 Å². The Morgan fingerprint density at radius 1 is 1.07 bits per heavy atom. The van der Waals surface area contributed by atoms with E-state index in [1.807, 2.05) is 53.4 Å². The minimum absolute atomic E-state index is 0.0801. The average Bonchev–Trinajstić information content (AvgIpc) is 3.50. The van der Waals surface area contributed by atoms with Gasteiger partial charge in [0.05, 0.1) is 11.7 Å². The molecule has 2 aromatic carbocycles. The molecule has 0 saturated carbocycles. The smallest absolute Gasteiger partial charge is 0.253 e. The van der Waals surface area contributed by atoms with E-state index in [-0.39, 0.29) is 17.9 Å². The van der Waals surface area contributed by atoms with Crippen LogP contribution in [0.15, 0.2) is 53.4 Å². The molecule has 2 saturated heterocycles. The summed E-state index contributed by atoms with van der Waals surface area (Å²) >= 11 is 1.68. The number of likely N-dealkylation sites (tertiary alicyclic amines) is 1. The highest BCUT2D eigenvalue weighted by atomic mass is 32.2. The predicted molar refractivity (Wildman–Crippen MR) is 119 cm³/mol. The molecule has 2 amide bonds. The van der Waals surface area contributed by atoms with Crippen molar-refractivity contribution in [3.05, 3.63) is 65.2 Å². The van der Waals surface area contributed by atoms with Gasteiger partial charge >= 0.3 is 0 Å². The molecular formula is C24H28N2O3S. The number of nitrogens with one attached hydrogen (secondary N) is 1. The van der Waals surface area contributed by atoms with E-state index in [4.69, 9.17) is 4.74 Å². The van der Waals surface area contributed by atoms with E-state index in [9.17, 15) is 9.59 Å². The Labute approximate surface area is 182 Å². The summed E-state index contributed by atoms with van der Waals surface area (Å²) in [5.74, 6) is 0.851. The maximum absolute atomic E-state index is 12.8. The number of rotatable bonds is 7. The zero-order valence-electron chi connectivity index (χ0n) is 17.1. The first-order valence-corrected chi connectivity index (χ1v) is 11.7. The Kier molecular flexibility index (Phi) is 7.07. The van der Waals surface area contributed by atoms with E-state index < -0.39 is 0 Å². The normalized spacial score (nSPS) is 18.5. The third-order valence-corrected chi connectivity index (χ3v) is 6.81. The Bertz CT molecular complexity index is 890. The summed E-state index contributed by atoms with van der Waals surface area (Å²) in [5.41, 5.74) is 2.30. The van der Waals surface area contributed by atoms with Crippen molar-refractivity contribution in [2.24, 2.45) is 0 Å². The number of thioether (sulfide) groups is 1. The first kappa shape index (κ1) is 20.9. The van der Waals surface area contributed by atoms with Crippen LogP contribution in [0.2, 0.25) is 0 Å². The van der Waals surface area contributed by atoms with Gasteiger partial charge in [-0.2, -0.15) is 0 Å². The second kappa shape index (κ2) is 10.1. The van der Waals surface area contributed by atoms with E-state index >= 15 is 0 Å². The van der Waals surface area contributed by atoms with E-state index in [1.165, 1.54) is 0 Å². The topological polar surface area (TPSA) is 58.6 Å². The average molecular weight is 425 g/mol. The zero-order chi connectivity index (χ0) is 20.8. The zero-order valence-corrected chi connectivity index (χ0v) is 18.0. The van der Waals surface area contributed by atoms with Crippen molar-refractivity contribution in [1.82, 2.24) is 10.2 Å². The molecule has 2 aliphatic heterocycles. The summed E-state index contributed by atoms with van der Waals surface area (Å²) < 4.78 is 5.70. The molecule has 2 heterocycles. The first-order chi connectivity index (χ1) is 14.7. The van der Waals surface area contributed by atoms with Crippen LogP contribution in [0.1, 0.15) is 52.0 Å². The molecular weight excluding hydrogens is 396 g/mol. The van der Waals surface area contributed by atoms with Gasteiger partial charge in [-0.3, -0.25) is 9.59 Å². The van der Waals surface area contributed by atoms with Crippen molar-refractivity contribution in [3.63, 3.8) is 0 Å². The fraction of sp³-hybridized carbons (Fsp3) is 0.417. The van der Waals surface area contributed by atoms with Crippen LogP contribution in [0, 0.1) is 0 Å². The molecule has 1 N–H and O–H groups in total. The predicted octanol–water partition coefficient (Wildman–Crippen LogP) is 4.12. The second-order valence-corrected chi connectivity index (χ2v) is 8.89. The summed E-state index contributed by atoms with van der Waals surface area (Å²) in [6.07, 6.45) is 4.64. The molecule has 4 rings (SSSR count). The SMILES string of the molecule is O=C(NCc1cccc(C(=O)N2CCCC2)c1)c1ccccc1SCC1CCCO1. The molecule has 1 atom stereocenters. The minimum Gasteiger partial charge on any atom is -0.377 e. The third kappa shape index (κ3) is 5.24. The molecule has 0 bridgehead atoms. The molecule has 5 nitrogen and oxygen atoms in total. The van der Waals surface area contributed by atoms with E-state index in [1.54, 1.807) is 11.8 Å². The van der Waals surface area contributed by atoms with Crippen LogP contribution in [-0.2, 0) is 11.3 Å². The number of benzene rings is 2. The highest BCUT2D eigenvalue weighted by molar-refractivity contribution is 7.99. The molecule has 2 fully saturated rings. The monoisotopic (exact) mass is 424 g/mol. The van der Waals surface area contributed by atoms with Crippen molar-refractivity contribution in [3.8, 4) is 0 Å². The molecule has 0 aromatic heterocycles. The first-order valence-electron chi connectivity index (χ1n) is 10.7. The van der Waals surface area contributed by atoms with Crippen LogP contribution in [0.25, 0.3) is 0 Å². The van der Waals surface area contributed by atoms with E-state index in [2.05, 4.69) is 5.32 Å². The lowest BCUT2D eigenvalue weighted by Crippen LogP contribution is -2.28. The quantitative estimate of drug-likeness (QED) is 0.679. The molecule has 158 valence electrons. The van der Waals surface area contributed by atoms with Gasteiger partial charge in [-0.25, -0.2) is 0 Å². The highest BCUT2D eigenvalue weighted by Gasteiger charge is 2.20. The number of amides is 2. The molecule has 0 aliphatic carbocycles. The molecule has 6 heteroatoms. The lowest BCUT2D eigenvalue weighted by Gasteiger charge is -2.16. The van der Waals surface area contributed by atoms with Gasteiger partial charge in [0.15, 0.2) is 0 Å². The van der Waals surface area contributed by atoms with Crippen LogP contribution in [0.5, 0.6) is 0 Å². The standard InChI is InChI=1S/C24H28N2O3S/c27-23(21-10-1-2-11-22(21)30-17-20-9-6-14-29-20)25-16-18-7-5-8-19(15-18)24(28)26-12-3-4-13-26/h1-2,5,7-8,10-11,15,20H,3-4,6,9,12-14,16-17H2,(H,25,27). The number of nitrogens with zero attached hydrogens (tertiary/aromatic N) is 1. The number of hydrogen-bond donors (Lipinski definition) is 1.